The van der Waals surface area contributed by atoms with Crippen molar-refractivity contribution in [1.29, 1.82) is 0 Å². The van der Waals surface area contributed by atoms with Crippen LogP contribution in [0.4, 0.5) is 11.9 Å². The molecular formula is C12H21N5O2. The molecule has 0 atom stereocenters. The highest BCUT2D eigenvalue weighted by atomic mass is 16.5. The fraction of sp³-hybridized carbons (Fsp3) is 0.750. The van der Waals surface area contributed by atoms with Crippen LogP contribution in [-0.2, 0) is 0 Å². The Labute approximate surface area is 113 Å². The molecule has 0 bridgehead atoms. The molecule has 2 rings (SSSR count). The Bertz CT molecular complexity index is 411. The summed E-state index contributed by atoms with van der Waals surface area (Å²) >= 11 is 0. The minimum absolute atomic E-state index is 0.0844. The van der Waals surface area contributed by atoms with E-state index in [-0.39, 0.29) is 6.61 Å². The number of anilines is 2. The first-order valence-electron chi connectivity index (χ1n) is 6.72. The van der Waals surface area contributed by atoms with E-state index in [1.807, 2.05) is 11.8 Å². The van der Waals surface area contributed by atoms with Crippen LogP contribution >= 0.6 is 0 Å². The highest BCUT2D eigenvalue weighted by Crippen LogP contribution is 2.28. The number of ether oxygens (including phenoxy) is 1. The van der Waals surface area contributed by atoms with Crippen LogP contribution in [0.2, 0.25) is 0 Å². The van der Waals surface area contributed by atoms with Crippen molar-refractivity contribution in [2.24, 2.45) is 0 Å². The van der Waals surface area contributed by atoms with Crippen LogP contribution in [0.3, 0.4) is 0 Å². The van der Waals surface area contributed by atoms with Crippen molar-refractivity contribution in [3.05, 3.63) is 0 Å². The average Bonchev–Trinajstić information content (AvgIpc) is 2.36. The molecule has 106 valence electrons. The zero-order valence-electron chi connectivity index (χ0n) is 11.5. The minimum Gasteiger partial charge on any atom is -0.464 e. The van der Waals surface area contributed by atoms with Crippen molar-refractivity contribution >= 4 is 11.9 Å². The predicted octanol–water partition coefficient (Wildman–Crippen LogP) is 0.663. The van der Waals surface area contributed by atoms with Gasteiger partial charge in [-0.05, 0) is 26.2 Å². The van der Waals surface area contributed by atoms with Gasteiger partial charge in [0, 0.05) is 19.6 Å². The van der Waals surface area contributed by atoms with Gasteiger partial charge >= 0.3 is 6.01 Å². The molecule has 7 heteroatoms. The van der Waals surface area contributed by atoms with Crippen molar-refractivity contribution in [3.8, 4) is 6.01 Å². The van der Waals surface area contributed by atoms with E-state index < -0.39 is 0 Å². The standard InChI is InChI=1S/C12H21N5O2/c1-3-19-12-15-10(13-2)14-11(16-12)17(7-8-18)9-5-4-6-9/h9,18H,3-8H2,1-2H3,(H,13,14,15,16). The molecule has 1 aliphatic carbocycles. The molecule has 0 unspecified atom stereocenters. The lowest BCUT2D eigenvalue weighted by atomic mass is 9.92. The van der Waals surface area contributed by atoms with Gasteiger partial charge in [0.25, 0.3) is 0 Å². The summed E-state index contributed by atoms with van der Waals surface area (Å²) in [5.74, 6) is 1.05. The molecule has 0 aliphatic heterocycles. The van der Waals surface area contributed by atoms with Gasteiger partial charge in [0.05, 0.1) is 13.2 Å². The number of nitrogens with one attached hydrogen (secondary N) is 1. The summed E-state index contributed by atoms with van der Waals surface area (Å²) in [5.41, 5.74) is 0. The van der Waals surface area contributed by atoms with Gasteiger partial charge in [0.15, 0.2) is 0 Å². The maximum Gasteiger partial charge on any atom is 0.323 e. The van der Waals surface area contributed by atoms with Crippen molar-refractivity contribution in [2.75, 3.05) is 37.0 Å². The summed E-state index contributed by atoms with van der Waals surface area (Å²) in [5, 5.41) is 12.1. The number of nitrogens with zero attached hydrogens (tertiary/aromatic N) is 4. The molecule has 1 aliphatic rings. The maximum atomic E-state index is 9.21. The zero-order valence-corrected chi connectivity index (χ0v) is 11.5. The zero-order chi connectivity index (χ0) is 13.7. The van der Waals surface area contributed by atoms with Crippen molar-refractivity contribution in [3.63, 3.8) is 0 Å². The second-order valence-corrected chi connectivity index (χ2v) is 4.43. The predicted molar refractivity (Wildman–Crippen MR) is 72.6 cm³/mol. The first kappa shape index (κ1) is 13.8. The molecule has 0 aromatic carbocycles. The van der Waals surface area contributed by atoms with Gasteiger partial charge in [0.1, 0.15) is 0 Å². The minimum atomic E-state index is 0.0844. The third kappa shape index (κ3) is 3.23. The number of aliphatic hydroxyl groups is 1. The van der Waals surface area contributed by atoms with Gasteiger partial charge in [-0.2, -0.15) is 15.0 Å². The number of hydrogen-bond acceptors (Lipinski definition) is 7. The van der Waals surface area contributed by atoms with E-state index in [1.165, 1.54) is 6.42 Å². The molecular weight excluding hydrogens is 246 g/mol. The van der Waals surface area contributed by atoms with Crippen LogP contribution in [0, 0.1) is 0 Å². The molecule has 1 saturated carbocycles. The summed E-state index contributed by atoms with van der Waals surface area (Å²) in [4.78, 5) is 14.9. The van der Waals surface area contributed by atoms with E-state index in [4.69, 9.17) is 4.74 Å². The Balaban J connectivity index is 2.25. The first-order chi connectivity index (χ1) is 9.28. The van der Waals surface area contributed by atoms with E-state index in [0.717, 1.165) is 12.8 Å². The number of rotatable bonds is 7. The van der Waals surface area contributed by atoms with Crippen LogP contribution in [0.15, 0.2) is 0 Å². The van der Waals surface area contributed by atoms with Crippen LogP contribution in [0.5, 0.6) is 6.01 Å². The van der Waals surface area contributed by atoms with Gasteiger partial charge in [-0.3, -0.25) is 0 Å². The summed E-state index contributed by atoms with van der Waals surface area (Å²) in [6, 6.07) is 0.729. The van der Waals surface area contributed by atoms with Crippen molar-refractivity contribution in [1.82, 2.24) is 15.0 Å². The first-order valence-corrected chi connectivity index (χ1v) is 6.72. The molecule has 1 heterocycles. The van der Waals surface area contributed by atoms with Gasteiger partial charge in [-0.1, -0.05) is 0 Å². The fourth-order valence-electron chi connectivity index (χ4n) is 2.03. The lowest BCUT2D eigenvalue weighted by Gasteiger charge is -2.37. The normalized spacial score (nSPS) is 14.9. The van der Waals surface area contributed by atoms with Gasteiger partial charge < -0.3 is 20.1 Å². The van der Waals surface area contributed by atoms with Gasteiger partial charge in [0.2, 0.25) is 11.9 Å². The molecule has 0 spiro atoms. The highest BCUT2D eigenvalue weighted by Gasteiger charge is 2.27. The number of aromatic nitrogens is 3. The fourth-order valence-corrected chi connectivity index (χ4v) is 2.03. The quantitative estimate of drug-likeness (QED) is 0.751. The van der Waals surface area contributed by atoms with Gasteiger partial charge in [-0.15, -0.1) is 0 Å². The van der Waals surface area contributed by atoms with Crippen molar-refractivity contribution in [2.45, 2.75) is 32.2 Å². The van der Waals surface area contributed by atoms with Crippen LogP contribution < -0.4 is 15.0 Å². The van der Waals surface area contributed by atoms with E-state index in [9.17, 15) is 5.11 Å². The molecule has 1 aromatic heterocycles. The van der Waals surface area contributed by atoms with E-state index in [1.54, 1.807) is 7.05 Å². The monoisotopic (exact) mass is 267 g/mol. The second kappa shape index (κ2) is 6.51. The summed E-state index contributed by atoms with van der Waals surface area (Å²) in [6.07, 6.45) is 3.45. The average molecular weight is 267 g/mol. The third-order valence-electron chi connectivity index (χ3n) is 3.21. The van der Waals surface area contributed by atoms with Crippen LogP contribution in [-0.4, -0.2) is 52.9 Å². The number of aliphatic hydroxyl groups excluding tert-OH is 1. The Morgan fingerprint density at radius 1 is 1.37 bits per heavy atom. The Morgan fingerprint density at radius 3 is 2.68 bits per heavy atom. The molecule has 7 nitrogen and oxygen atoms in total. The largest absolute Gasteiger partial charge is 0.464 e. The molecule has 1 aromatic rings. The number of hydrogen-bond donors (Lipinski definition) is 2. The van der Waals surface area contributed by atoms with Crippen molar-refractivity contribution < 1.29 is 9.84 Å². The summed E-state index contributed by atoms with van der Waals surface area (Å²) < 4.78 is 5.36. The topological polar surface area (TPSA) is 83.4 Å². The molecule has 2 N–H and O–H groups in total. The molecule has 1 fully saturated rings. The lowest BCUT2D eigenvalue weighted by molar-refractivity contribution is 0.280. The van der Waals surface area contributed by atoms with E-state index in [2.05, 4.69) is 20.3 Å². The van der Waals surface area contributed by atoms with Gasteiger partial charge in [-0.25, -0.2) is 0 Å². The van der Waals surface area contributed by atoms with Crippen LogP contribution in [0.25, 0.3) is 0 Å². The molecule has 19 heavy (non-hydrogen) atoms. The van der Waals surface area contributed by atoms with E-state index in [0.29, 0.717) is 37.1 Å². The highest BCUT2D eigenvalue weighted by molar-refractivity contribution is 5.39. The molecule has 0 radical (unpaired) electrons. The SMILES string of the molecule is CCOc1nc(NC)nc(N(CCO)C2CCC2)n1. The summed E-state index contributed by atoms with van der Waals surface area (Å²) in [6.45, 7) is 3.01. The third-order valence-corrected chi connectivity index (χ3v) is 3.21. The molecule has 0 amide bonds. The lowest BCUT2D eigenvalue weighted by Crippen LogP contribution is -2.43. The maximum absolute atomic E-state index is 9.21. The smallest absolute Gasteiger partial charge is 0.323 e. The summed E-state index contributed by atoms with van der Waals surface area (Å²) in [7, 11) is 1.76. The van der Waals surface area contributed by atoms with E-state index >= 15 is 0 Å². The van der Waals surface area contributed by atoms with Crippen LogP contribution in [0.1, 0.15) is 26.2 Å². The Kier molecular flexibility index (Phi) is 4.73. The Hall–Kier alpha value is -1.63. The molecule has 0 saturated heterocycles. The second-order valence-electron chi connectivity index (χ2n) is 4.43. The Morgan fingerprint density at radius 2 is 2.16 bits per heavy atom.